The third kappa shape index (κ3) is 4.45. The molecule has 0 saturated carbocycles. The van der Waals surface area contributed by atoms with E-state index >= 15 is 0 Å². The molecule has 1 aliphatic heterocycles. The van der Waals surface area contributed by atoms with Gasteiger partial charge >= 0.3 is 11.9 Å². The van der Waals surface area contributed by atoms with E-state index in [0.29, 0.717) is 0 Å². The minimum Gasteiger partial charge on any atom is -0.466 e. The van der Waals surface area contributed by atoms with Gasteiger partial charge in [-0.3, -0.25) is 4.79 Å². The molecular weight excluding hydrogens is 427 g/mol. The molecule has 0 aromatic heterocycles. The zero-order valence-electron chi connectivity index (χ0n) is 14.7. The number of hydrogen-bond acceptors (Lipinski definition) is 7. The molecule has 0 fully saturated rings. The van der Waals surface area contributed by atoms with E-state index in [-0.39, 0.29) is 53.3 Å². The summed E-state index contributed by atoms with van der Waals surface area (Å²) < 4.78 is 24.2. The van der Waals surface area contributed by atoms with E-state index in [1.165, 1.54) is 11.0 Å². The molecule has 0 spiro atoms. The minimum absolute atomic E-state index is 0.00592. The van der Waals surface area contributed by atoms with Crippen LogP contribution in [0.3, 0.4) is 0 Å². The lowest BCUT2D eigenvalue weighted by molar-refractivity contribution is -0.136. The van der Waals surface area contributed by atoms with Crippen molar-refractivity contribution in [1.82, 2.24) is 4.90 Å². The molecule has 146 valence electrons. The number of hydrogen-bond donors (Lipinski definition) is 2. The zero-order valence-corrected chi connectivity index (χ0v) is 16.3. The lowest BCUT2D eigenvalue weighted by Gasteiger charge is -2.16. The van der Waals surface area contributed by atoms with Gasteiger partial charge in [-0.1, -0.05) is 0 Å². The summed E-state index contributed by atoms with van der Waals surface area (Å²) in [6.45, 7) is 1.41. The molecule has 27 heavy (non-hydrogen) atoms. The van der Waals surface area contributed by atoms with Crippen LogP contribution in [0.2, 0.25) is 0 Å². The number of carbonyl (C=O) groups excluding carboxylic acids is 3. The number of nitrogens with zero attached hydrogens (tertiary/aromatic N) is 1. The smallest absolute Gasteiger partial charge is 0.338 e. The van der Waals surface area contributed by atoms with Crippen LogP contribution in [0.25, 0.3) is 0 Å². The summed E-state index contributed by atoms with van der Waals surface area (Å²) in [6.07, 6.45) is 0. The SMILES string of the molecule is CCOC(=O)c1cc(F)c(NC2=C(C(=O)OC)CN(CCO)C2=O)c(Br)c1. The van der Waals surface area contributed by atoms with Crippen molar-refractivity contribution in [2.75, 3.05) is 38.7 Å². The van der Waals surface area contributed by atoms with E-state index in [2.05, 4.69) is 26.0 Å². The lowest BCUT2D eigenvalue weighted by Crippen LogP contribution is -2.31. The predicted molar refractivity (Wildman–Crippen MR) is 96.4 cm³/mol. The van der Waals surface area contributed by atoms with Gasteiger partial charge in [-0.25, -0.2) is 14.0 Å². The second-order valence-electron chi connectivity index (χ2n) is 5.46. The highest BCUT2D eigenvalue weighted by Gasteiger charge is 2.35. The van der Waals surface area contributed by atoms with Crippen LogP contribution >= 0.6 is 15.9 Å². The molecule has 0 atom stereocenters. The van der Waals surface area contributed by atoms with Crippen LogP contribution in [0.5, 0.6) is 0 Å². The van der Waals surface area contributed by atoms with E-state index < -0.39 is 23.7 Å². The molecule has 2 rings (SSSR count). The molecule has 0 bridgehead atoms. The van der Waals surface area contributed by atoms with Gasteiger partial charge in [0.1, 0.15) is 11.5 Å². The number of anilines is 1. The number of β-amino-alcohol motifs (C(OH)–C–C–N with tert-alkyl or cyclic N) is 1. The molecule has 1 amide bonds. The number of halogens is 2. The standard InChI is InChI=1S/C17H18BrFN2O6/c1-3-27-16(24)9-6-11(18)14(12(19)7-9)20-13-10(17(25)26-2)8-21(4-5-22)15(13)23/h6-7,20,22H,3-5,8H2,1-2H3. The van der Waals surface area contributed by atoms with Crippen molar-refractivity contribution in [2.24, 2.45) is 0 Å². The summed E-state index contributed by atoms with van der Waals surface area (Å²) in [6, 6.07) is 2.31. The maximum absolute atomic E-state index is 14.5. The van der Waals surface area contributed by atoms with Crippen molar-refractivity contribution in [3.8, 4) is 0 Å². The third-order valence-electron chi connectivity index (χ3n) is 3.76. The molecule has 8 nitrogen and oxygen atoms in total. The molecule has 0 aliphatic carbocycles. The van der Waals surface area contributed by atoms with Crippen molar-refractivity contribution < 1.29 is 33.4 Å². The topological polar surface area (TPSA) is 105 Å². The number of aliphatic hydroxyl groups is 1. The Kier molecular flexibility index (Phi) is 6.92. The summed E-state index contributed by atoms with van der Waals surface area (Å²) in [5, 5.41) is 11.7. The monoisotopic (exact) mass is 444 g/mol. The summed E-state index contributed by atoms with van der Waals surface area (Å²) in [4.78, 5) is 37.5. The zero-order chi connectivity index (χ0) is 20.1. The van der Waals surface area contributed by atoms with E-state index in [9.17, 15) is 18.8 Å². The van der Waals surface area contributed by atoms with Crippen molar-refractivity contribution in [3.63, 3.8) is 0 Å². The quantitative estimate of drug-likeness (QED) is 0.612. The van der Waals surface area contributed by atoms with Crippen LogP contribution in [0.15, 0.2) is 27.9 Å². The molecule has 1 heterocycles. The average Bonchev–Trinajstić information content (AvgIpc) is 2.93. The fraction of sp³-hybridized carbons (Fsp3) is 0.353. The summed E-state index contributed by atoms with van der Waals surface area (Å²) in [5.41, 5.74) is -0.275. The van der Waals surface area contributed by atoms with Crippen LogP contribution in [0.4, 0.5) is 10.1 Å². The third-order valence-corrected chi connectivity index (χ3v) is 4.38. The van der Waals surface area contributed by atoms with Crippen molar-refractivity contribution in [2.45, 2.75) is 6.92 Å². The van der Waals surface area contributed by atoms with Gasteiger partial charge in [0.15, 0.2) is 0 Å². The van der Waals surface area contributed by atoms with Crippen molar-refractivity contribution >= 4 is 39.5 Å². The Morgan fingerprint density at radius 1 is 1.37 bits per heavy atom. The molecular formula is C17H18BrFN2O6. The highest BCUT2D eigenvalue weighted by molar-refractivity contribution is 9.10. The number of aliphatic hydroxyl groups excluding tert-OH is 1. The molecule has 0 radical (unpaired) electrons. The van der Waals surface area contributed by atoms with Gasteiger partial charge in [-0.15, -0.1) is 0 Å². The number of nitrogens with one attached hydrogen (secondary N) is 1. The summed E-state index contributed by atoms with van der Waals surface area (Å²) >= 11 is 3.15. The Hall–Kier alpha value is -2.46. The fourth-order valence-corrected chi connectivity index (χ4v) is 3.03. The second kappa shape index (κ2) is 8.96. The van der Waals surface area contributed by atoms with E-state index in [1.54, 1.807) is 6.92 Å². The molecule has 1 aliphatic rings. The Balaban J connectivity index is 2.39. The van der Waals surface area contributed by atoms with Gasteiger partial charge in [0, 0.05) is 11.0 Å². The Bertz CT molecular complexity index is 788. The predicted octanol–water partition coefficient (Wildman–Crippen LogP) is 1.44. The van der Waals surface area contributed by atoms with Gasteiger partial charge in [0.05, 0.1) is 43.7 Å². The highest BCUT2D eigenvalue weighted by atomic mass is 79.9. The number of amides is 1. The maximum atomic E-state index is 14.5. The fourth-order valence-electron chi connectivity index (χ4n) is 2.50. The number of methoxy groups -OCH3 is 1. The first-order chi connectivity index (χ1) is 12.8. The first kappa shape index (κ1) is 20.8. The minimum atomic E-state index is -0.822. The van der Waals surface area contributed by atoms with E-state index in [4.69, 9.17) is 9.84 Å². The highest BCUT2D eigenvalue weighted by Crippen LogP contribution is 2.31. The van der Waals surface area contributed by atoms with E-state index in [1.807, 2.05) is 0 Å². The lowest BCUT2D eigenvalue weighted by atomic mass is 10.1. The van der Waals surface area contributed by atoms with Crippen LogP contribution in [-0.4, -0.2) is 61.3 Å². The maximum Gasteiger partial charge on any atom is 0.338 e. The van der Waals surface area contributed by atoms with E-state index in [0.717, 1.165) is 13.2 Å². The second-order valence-corrected chi connectivity index (χ2v) is 6.31. The van der Waals surface area contributed by atoms with Crippen LogP contribution < -0.4 is 5.32 Å². The van der Waals surface area contributed by atoms with Gasteiger partial charge in [-0.2, -0.15) is 0 Å². The van der Waals surface area contributed by atoms with Gasteiger partial charge in [0.25, 0.3) is 5.91 Å². The normalized spacial score (nSPS) is 13.8. The molecule has 2 N–H and O–H groups in total. The van der Waals surface area contributed by atoms with Crippen LogP contribution in [0.1, 0.15) is 17.3 Å². The van der Waals surface area contributed by atoms with Crippen molar-refractivity contribution in [1.29, 1.82) is 0 Å². The first-order valence-corrected chi connectivity index (χ1v) is 8.78. The average molecular weight is 445 g/mol. The summed E-state index contributed by atoms with van der Waals surface area (Å²) in [7, 11) is 1.16. The first-order valence-electron chi connectivity index (χ1n) is 7.98. The number of esters is 2. The Morgan fingerprint density at radius 3 is 2.63 bits per heavy atom. The molecule has 1 aromatic carbocycles. The Labute approximate surface area is 163 Å². The molecule has 10 heteroatoms. The molecule has 1 aromatic rings. The number of carbonyl (C=O) groups is 3. The van der Waals surface area contributed by atoms with Crippen molar-refractivity contribution in [3.05, 3.63) is 39.3 Å². The molecule has 0 unspecified atom stereocenters. The van der Waals surface area contributed by atoms with Gasteiger partial charge < -0.3 is 24.8 Å². The number of ether oxygens (including phenoxy) is 2. The van der Waals surface area contributed by atoms with Crippen LogP contribution in [0, 0.1) is 5.82 Å². The van der Waals surface area contributed by atoms with Gasteiger partial charge in [-0.05, 0) is 35.0 Å². The largest absolute Gasteiger partial charge is 0.466 e. The number of rotatable bonds is 7. The van der Waals surface area contributed by atoms with Crippen LogP contribution in [-0.2, 0) is 19.1 Å². The number of benzene rings is 1. The molecule has 0 saturated heterocycles. The van der Waals surface area contributed by atoms with Gasteiger partial charge in [0.2, 0.25) is 0 Å². The summed E-state index contributed by atoms with van der Waals surface area (Å²) in [5.74, 6) is -2.84. The Morgan fingerprint density at radius 2 is 2.07 bits per heavy atom.